The molecule has 0 saturated heterocycles. The largest absolute Gasteiger partial charge is 0.465 e. The average Bonchev–Trinajstić information content (AvgIpc) is 2.57. The summed E-state index contributed by atoms with van der Waals surface area (Å²) in [6, 6.07) is 18.2. The second-order valence-electron chi connectivity index (χ2n) is 7.81. The van der Waals surface area contributed by atoms with Crippen molar-refractivity contribution < 1.29 is 9.90 Å². The number of carbonyl (C=O) groups is 1. The van der Waals surface area contributed by atoms with Crippen molar-refractivity contribution in [3.8, 4) is 11.8 Å². The first kappa shape index (κ1) is 18.1. The number of benzene rings is 2. The summed E-state index contributed by atoms with van der Waals surface area (Å²) in [5.41, 5.74) is 2.77. The van der Waals surface area contributed by atoms with Crippen LogP contribution in [-0.4, -0.2) is 27.7 Å². The minimum Gasteiger partial charge on any atom is -0.465 e. The van der Waals surface area contributed by atoms with E-state index in [9.17, 15) is 9.90 Å². The van der Waals surface area contributed by atoms with Gasteiger partial charge in [-0.05, 0) is 63.4 Å². The van der Waals surface area contributed by atoms with Gasteiger partial charge >= 0.3 is 6.09 Å². The van der Waals surface area contributed by atoms with E-state index in [0.717, 1.165) is 24.0 Å². The number of hydrogen-bond donors (Lipinski definition) is 1. The first-order chi connectivity index (χ1) is 12.4. The van der Waals surface area contributed by atoms with Crippen LogP contribution in [0.15, 0.2) is 54.6 Å². The molecule has 1 amide bonds. The number of amides is 1. The topological polar surface area (TPSA) is 40.5 Å². The van der Waals surface area contributed by atoms with Gasteiger partial charge < -0.3 is 5.11 Å². The van der Waals surface area contributed by atoms with Crippen molar-refractivity contribution in [1.29, 1.82) is 0 Å². The Labute approximate surface area is 155 Å². The zero-order valence-corrected chi connectivity index (χ0v) is 15.6. The molecule has 26 heavy (non-hydrogen) atoms. The maximum atomic E-state index is 11.7. The highest BCUT2D eigenvalue weighted by molar-refractivity contribution is 5.67. The van der Waals surface area contributed by atoms with Gasteiger partial charge in [0.05, 0.1) is 0 Å². The van der Waals surface area contributed by atoms with Crippen LogP contribution in [0.25, 0.3) is 0 Å². The molecule has 0 radical (unpaired) electrons. The highest BCUT2D eigenvalue weighted by Gasteiger charge is 2.43. The standard InChI is InChI=1S/C23H25NO2/c1-23(2,3)24(22(25)26)21-16-15-20(21)19-13-11-18(12-14-19)10-9-17-7-5-4-6-8-17/h4-8,11-14,20-21H,15-16H2,1-3H3,(H,25,26). The van der Waals surface area contributed by atoms with Gasteiger partial charge in [0.2, 0.25) is 0 Å². The fraction of sp³-hybridized carbons (Fsp3) is 0.348. The lowest BCUT2D eigenvalue weighted by molar-refractivity contribution is 0.0295. The van der Waals surface area contributed by atoms with Gasteiger partial charge in [-0.25, -0.2) is 4.79 Å². The van der Waals surface area contributed by atoms with Gasteiger partial charge in [0.25, 0.3) is 0 Å². The number of rotatable bonds is 2. The van der Waals surface area contributed by atoms with Crippen molar-refractivity contribution in [2.24, 2.45) is 0 Å². The van der Waals surface area contributed by atoms with Gasteiger partial charge in [-0.15, -0.1) is 0 Å². The van der Waals surface area contributed by atoms with Crippen LogP contribution in [0.3, 0.4) is 0 Å². The maximum Gasteiger partial charge on any atom is 0.408 e. The van der Waals surface area contributed by atoms with Crippen LogP contribution in [0, 0.1) is 11.8 Å². The molecule has 2 aromatic rings. The van der Waals surface area contributed by atoms with E-state index in [2.05, 4.69) is 24.0 Å². The molecule has 0 aromatic heterocycles. The van der Waals surface area contributed by atoms with Crippen molar-refractivity contribution in [1.82, 2.24) is 4.90 Å². The SMILES string of the molecule is CC(C)(C)N(C(=O)O)C1CCC1c1ccc(C#Cc2ccccc2)cc1. The Hall–Kier alpha value is -2.73. The molecule has 0 bridgehead atoms. The predicted molar refractivity (Wildman–Crippen MR) is 104 cm³/mol. The van der Waals surface area contributed by atoms with Crippen LogP contribution < -0.4 is 0 Å². The summed E-state index contributed by atoms with van der Waals surface area (Å²) in [6.07, 6.45) is 1.11. The fourth-order valence-electron chi connectivity index (χ4n) is 3.59. The van der Waals surface area contributed by atoms with E-state index in [1.807, 2.05) is 63.2 Å². The summed E-state index contributed by atoms with van der Waals surface area (Å²) in [5, 5.41) is 9.64. The lowest BCUT2D eigenvalue weighted by atomic mass is 9.73. The summed E-state index contributed by atoms with van der Waals surface area (Å²) < 4.78 is 0. The molecular weight excluding hydrogens is 322 g/mol. The van der Waals surface area contributed by atoms with E-state index in [4.69, 9.17) is 0 Å². The number of carboxylic acid groups (broad SMARTS) is 1. The first-order valence-electron chi connectivity index (χ1n) is 9.05. The van der Waals surface area contributed by atoms with E-state index < -0.39 is 11.6 Å². The van der Waals surface area contributed by atoms with Gasteiger partial charge in [0.1, 0.15) is 0 Å². The first-order valence-corrected chi connectivity index (χ1v) is 9.05. The summed E-state index contributed by atoms with van der Waals surface area (Å²) in [4.78, 5) is 13.4. The second-order valence-corrected chi connectivity index (χ2v) is 7.81. The molecule has 3 rings (SSSR count). The van der Waals surface area contributed by atoms with E-state index in [1.54, 1.807) is 4.90 Å². The quantitative estimate of drug-likeness (QED) is 0.767. The molecule has 134 valence electrons. The Morgan fingerprint density at radius 3 is 2.00 bits per heavy atom. The van der Waals surface area contributed by atoms with E-state index in [1.165, 1.54) is 5.56 Å². The van der Waals surface area contributed by atoms with Crippen molar-refractivity contribution >= 4 is 6.09 Å². The Bertz CT molecular complexity index is 822. The molecule has 1 N–H and O–H groups in total. The average molecular weight is 347 g/mol. The smallest absolute Gasteiger partial charge is 0.408 e. The molecule has 3 nitrogen and oxygen atoms in total. The lowest BCUT2D eigenvalue weighted by Crippen LogP contribution is -2.56. The number of hydrogen-bond acceptors (Lipinski definition) is 1. The van der Waals surface area contributed by atoms with Crippen molar-refractivity contribution in [2.75, 3.05) is 0 Å². The summed E-state index contributed by atoms with van der Waals surface area (Å²) in [5.74, 6) is 6.61. The minimum absolute atomic E-state index is 0.0498. The van der Waals surface area contributed by atoms with E-state index >= 15 is 0 Å². The Morgan fingerprint density at radius 1 is 0.962 bits per heavy atom. The summed E-state index contributed by atoms with van der Waals surface area (Å²) >= 11 is 0. The van der Waals surface area contributed by atoms with Crippen LogP contribution in [0.4, 0.5) is 4.79 Å². The molecule has 1 aliphatic rings. The fourth-order valence-corrected chi connectivity index (χ4v) is 3.59. The van der Waals surface area contributed by atoms with Gasteiger partial charge in [-0.1, -0.05) is 42.2 Å². The molecule has 1 aliphatic carbocycles. The second kappa shape index (κ2) is 7.25. The normalized spacial score (nSPS) is 19.0. The van der Waals surface area contributed by atoms with E-state index in [-0.39, 0.29) is 12.0 Å². The molecule has 3 heteroatoms. The highest BCUT2D eigenvalue weighted by Crippen LogP contribution is 2.42. The molecule has 0 spiro atoms. The lowest BCUT2D eigenvalue weighted by Gasteiger charge is -2.49. The number of nitrogens with zero attached hydrogens (tertiary/aromatic N) is 1. The van der Waals surface area contributed by atoms with Gasteiger partial charge in [0, 0.05) is 28.6 Å². The molecule has 0 aliphatic heterocycles. The van der Waals surface area contributed by atoms with Gasteiger partial charge in [-0.2, -0.15) is 0 Å². The molecule has 1 fully saturated rings. The molecule has 2 unspecified atom stereocenters. The highest BCUT2D eigenvalue weighted by atomic mass is 16.4. The molecule has 0 heterocycles. The zero-order valence-electron chi connectivity index (χ0n) is 15.6. The van der Waals surface area contributed by atoms with Crippen molar-refractivity contribution in [2.45, 2.75) is 51.1 Å². The van der Waals surface area contributed by atoms with Gasteiger partial charge in [-0.3, -0.25) is 4.90 Å². The van der Waals surface area contributed by atoms with Crippen LogP contribution in [-0.2, 0) is 0 Å². The van der Waals surface area contributed by atoms with Crippen LogP contribution >= 0.6 is 0 Å². The van der Waals surface area contributed by atoms with Crippen LogP contribution in [0.5, 0.6) is 0 Å². The van der Waals surface area contributed by atoms with Crippen molar-refractivity contribution in [3.63, 3.8) is 0 Å². The molecule has 1 saturated carbocycles. The summed E-state index contributed by atoms with van der Waals surface area (Å²) in [7, 11) is 0. The molecule has 2 atom stereocenters. The third kappa shape index (κ3) is 3.91. The Morgan fingerprint density at radius 2 is 1.54 bits per heavy atom. The molecule has 2 aromatic carbocycles. The van der Waals surface area contributed by atoms with Crippen molar-refractivity contribution in [3.05, 3.63) is 71.3 Å². The third-order valence-corrected chi connectivity index (χ3v) is 4.96. The Kier molecular flexibility index (Phi) is 5.04. The summed E-state index contributed by atoms with van der Waals surface area (Å²) in [6.45, 7) is 5.87. The molecular formula is C23H25NO2. The van der Waals surface area contributed by atoms with Crippen LogP contribution in [0.1, 0.15) is 56.2 Å². The Balaban J connectivity index is 1.75. The maximum absolute atomic E-state index is 11.7. The van der Waals surface area contributed by atoms with Gasteiger partial charge in [0.15, 0.2) is 0 Å². The van der Waals surface area contributed by atoms with E-state index in [0.29, 0.717) is 0 Å². The minimum atomic E-state index is -0.836. The van der Waals surface area contributed by atoms with Crippen LogP contribution in [0.2, 0.25) is 0 Å². The monoisotopic (exact) mass is 347 g/mol. The predicted octanol–water partition coefficient (Wildman–Crippen LogP) is 5.11. The zero-order chi connectivity index (χ0) is 18.7. The third-order valence-electron chi connectivity index (χ3n) is 4.96.